The van der Waals surface area contributed by atoms with Crippen LogP contribution in [-0.4, -0.2) is 64.8 Å². The molecule has 3 aliphatic rings. The highest BCUT2D eigenvalue weighted by atomic mass is 35.5. The molecule has 2 N–H and O–H groups in total. The number of fused-ring (bicyclic) bond motifs is 1. The van der Waals surface area contributed by atoms with Gasteiger partial charge in [0.15, 0.2) is 0 Å². The third-order valence-corrected chi connectivity index (χ3v) is 7.64. The Kier molecular flexibility index (Phi) is 6.46. The van der Waals surface area contributed by atoms with Crippen LogP contribution in [0.4, 0.5) is 5.69 Å². The molecule has 0 aromatic heterocycles. The number of ether oxygens (including phenoxy) is 2. The highest BCUT2D eigenvalue weighted by Crippen LogP contribution is 2.59. The number of carbonyl (C=O) groups is 3. The van der Waals surface area contributed by atoms with Gasteiger partial charge in [0, 0.05) is 0 Å². The Labute approximate surface area is 198 Å². The van der Waals surface area contributed by atoms with Crippen molar-refractivity contribution in [2.24, 2.45) is 17.8 Å². The Morgan fingerprint density at radius 2 is 2.12 bits per heavy atom. The second-order valence-electron chi connectivity index (χ2n) is 9.47. The maximum absolute atomic E-state index is 13.8. The third-order valence-electron chi connectivity index (χ3n) is 7.33. The molecule has 0 saturated carbocycles. The minimum atomic E-state index is -1.15. The number of anilines is 1. The number of hydrogen-bond acceptors (Lipinski definition) is 6. The zero-order valence-electron chi connectivity index (χ0n) is 19.3. The van der Waals surface area contributed by atoms with Gasteiger partial charge in [-0.3, -0.25) is 14.4 Å². The van der Waals surface area contributed by atoms with Crippen molar-refractivity contribution in [2.45, 2.75) is 64.3 Å². The van der Waals surface area contributed by atoms with Crippen LogP contribution in [0.1, 0.15) is 39.2 Å². The number of aryl methyl sites for hydroxylation is 1. The molecular weight excluding hydrogens is 448 g/mol. The number of benzene rings is 1. The molecular formula is C24H31ClN2O6. The van der Waals surface area contributed by atoms with Crippen molar-refractivity contribution in [2.75, 3.05) is 18.5 Å². The number of nitrogens with one attached hydrogen (secondary N) is 1. The maximum atomic E-state index is 13.8. The molecule has 0 unspecified atom stereocenters. The molecule has 3 fully saturated rings. The van der Waals surface area contributed by atoms with Crippen LogP contribution in [0, 0.1) is 24.7 Å². The number of aliphatic hydroxyl groups excluding tert-OH is 1. The van der Waals surface area contributed by atoms with E-state index in [4.69, 9.17) is 21.1 Å². The van der Waals surface area contributed by atoms with Crippen LogP contribution in [0.15, 0.2) is 18.2 Å². The zero-order valence-corrected chi connectivity index (χ0v) is 20.1. The fourth-order valence-electron chi connectivity index (χ4n) is 5.86. The molecule has 3 saturated heterocycles. The Hall–Kier alpha value is -2.16. The van der Waals surface area contributed by atoms with Gasteiger partial charge in [-0.1, -0.05) is 37.6 Å². The van der Waals surface area contributed by atoms with Gasteiger partial charge in [0.25, 0.3) is 0 Å². The summed E-state index contributed by atoms with van der Waals surface area (Å²) in [5.74, 6) is -2.98. The van der Waals surface area contributed by atoms with E-state index in [1.165, 1.54) is 4.90 Å². The smallest absolute Gasteiger partial charge is 0.312 e. The van der Waals surface area contributed by atoms with Gasteiger partial charge in [-0.05, 0) is 44.2 Å². The fraction of sp³-hybridized carbons (Fsp3) is 0.625. The van der Waals surface area contributed by atoms with E-state index in [-0.39, 0.29) is 25.0 Å². The number of amides is 2. The standard InChI is InChI=1S/C24H31ClN2O6/c1-5-32-23(31)17-16-9-10-24(33-16)18(17)22(30)27(15(11-28)12(2)3)20(24)21(29)26-19-13(4)7-6-8-14(19)25/h6-8,12,15-18,20,28H,5,9-11H2,1-4H3,(H,26,29)/t15-,16-,17+,18+,20-,24+/m0/s1. The van der Waals surface area contributed by atoms with Crippen molar-refractivity contribution in [3.8, 4) is 0 Å². The Morgan fingerprint density at radius 3 is 2.73 bits per heavy atom. The molecule has 4 rings (SSSR count). The fourth-order valence-corrected chi connectivity index (χ4v) is 6.13. The molecule has 1 aromatic carbocycles. The van der Waals surface area contributed by atoms with Gasteiger partial charge in [0.05, 0.1) is 47.9 Å². The number of para-hydroxylation sites is 1. The van der Waals surface area contributed by atoms with Crippen molar-refractivity contribution >= 4 is 35.1 Å². The second kappa shape index (κ2) is 8.89. The van der Waals surface area contributed by atoms with Crippen molar-refractivity contribution < 1.29 is 29.0 Å². The van der Waals surface area contributed by atoms with Crippen molar-refractivity contribution in [1.29, 1.82) is 0 Å². The second-order valence-corrected chi connectivity index (χ2v) is 9.88. The summed E-state index contributed by atoms with van der Waals surface area (Å²) in [6.45, 7) is 7.20. The minimum absolute atomic E-state index is 0.121. The van der Waals surface area contributed by atoms with E-state index < -0.39 is 47.5 Å². The van der Waals surface area contributed by atoms with Crippen molar-refractivity contribution in [1.82, 2.24) is 4.90 Å². The van der Waals surface area contributed by atoms with Crippen LogP contribution in [0.3, 0.4) is 0 Å². The predicted octanol–water partition coefficient (Wildman–Crippen LogP) is 2.54. The summed E-state index contributed by atoms with van der Waals surface area (Å²) in [5.41, 5.74) is 0.0983. The summed E-state index contributed by atoms with van der Waals surface area (Å²) in [6, 6.07) is 3.70. The number of carbonyl (C=O) groups excluding carboxylic acids is 3. The average molecular weight is 479 g/mol. The lowest BCUT2D eigenvalue weighted by atomic mass is 9.70. The van der Waals surface area contributed by atoms with Gasteiger partial charge >= 0.3 is 5.97 Å². The van der Waals surface area contributed by atoms with Gasteiger partial charge in [-0.15, -0.1) is 0 Å². The SMILES string of the molecule is CCOC(=O)[C@@H]1[C@@H]2CC[C@]3(O2)[C@H](C(=O)Nc2c(C)cccc2Cl)N([C@@H](CO)C(C)C)C(=O)[C@@H]13. The molecule has 0 radical (unpaired) electrons. The lowest BCUT2D eigenvalue weighted by Gasteiger charge is -2.38. The van der Waals surface area contributed by atoms with Crippen LogP contribution in [-0.2, 0) is 23.9 Å². The lowest BCUT2D eigenvalue weighted by Crippen LogP contribution is -2.57. The van der Waals surface area contributed by atoms with E-state index in [1.54, 1.807) is 19.1 Å². The first-order valence-electron chi connectivity index (χ1n) is 11.5. The van der Waals surface area contributed by atoms with Gasteiger partial charge in [-0.25, -0.2) is 0 Å². The molecule has 2 amide bonds. The Balaban J connectivity index is 1.78. The summed E-state index contributed by atoms with van der Waals surface area (Å²) >= 11 is 6.35. The minimum Gasteiger partial charge on any atom is -0.466 e. The highest BCUT2D eigenvalue weighted by molar-refractivity contribution is 6.34. The van der Waals surface area contributed by atoms with Gasteiger partial charge < -0.3 is 24.8 Å². The Morgan fingerprint density at radius 1 is 1.39 bits per heavy atom. The summed E-state index contributed by atoms with van der Waals surface area (Å²) in [5, 5.41) is 13.5. The van der Waals surface area contributed by atoms with Crippen molar-refractivity contribution in [3.05, 3.63) is 28.8 Å². The van der Waals surface area contributed by atoms with Gasteiger partial charge in [-0.2, -0.15) is 0 Å². The first-order valence-corrected chi connectivity index (χ1v) is 11.9. The van der Waals surface area contributed by atoms with Crippen LogP contribution in [0.2, 0.25) is 5.02 Å². The molecule has 6 atom stereocenters. The topological polar surface area (TPSA) is 105 Å². The largest absolute Gasteiger partial charge is 0.466 e. The third kappa shape index (κ3) is 3.63. The van der Waals surface area contributed by atoms with Crippen LogP contribution in [0.5, 0.6) is 0 Å². The first kappa shape index (κ1) is 24.0. The van der Waals surface area contributed by atoms with E-state index in [2.05, 4.69) is 5.32 Å². The summed E-state index contributed by atoms with van der Waals surface area (Å²) in [4.78, 5) is 41.9. The number of hydrogen-bond donors (Lipinski definition) is 2. The first-order chi connectivity index (χ1) is 15.7. The summed E-state index contributed by atoms with van der Waals surface area (Å²) < 4.78 is 11.6. The molecule has 8 nitrogen and oxygen atoms in total. The number of nitrogens with zero attached hydrogens (tertiary/aromatic N) is 1. The molecule has 1 spiro atoms. The molecule has 9 heteroatoms. The molecule has 180 valence electrons. The number of halogens is 1. The number of esters is 1. The number of aliphatic hydroxyl groups is 1. The van der Waals surface area contributed by atoms with E-state index >= 15 is 0 Å². The summed E-state index contributed by atoms with van der Waals surface area (Å²) in [6.07, 6.45) is 0.557. The van der Waals surface area contributed by atoms with Gasteiger partial charge in [0.1, 0.15) is 11.6 Å². The van der Waals surface area contributed by atoms with Crippen molar-refractivity contribution in [3.63, 3.8) is 0 Å². The average Bonchev–Trinajstić information content (AvgIpc) is 3.39. The number of likely N-dealkylation sites (tertiary alicyclic amines) is 1. The Bertz CT molecular complexity index is 948. The maximum Gasteiger partial charge on any atom is 0.312 e. The molecule has 33 heavy (non-hydrogen) atoms. The molecule has 0 aliphatic carbocycles. The van der Waals surface area contributed by atoms with Crippen LogP contribution in [0.25, 0.3) is 0 Å². The normalized spacial score (nSPS) is 31.1. The molecule has 3 aliphatic heterocycles. The van der Waals surface area contributed by atoms with E-state index in [0.717, 1.165) is 5.56 Å². The highest BCUT2D eigenvalue weighted by Gasteiger charge is 2.75. The van der Waals surface area contributed by atoms with E-state index in [9.17, 15) is 19.5 Å². The van der Waals surface area contributed by atoms with Gasteiger partial charge in [0.2, 0.25) is 11.8 Å². The molecule has 3 heterocycles. The molecule has 1 aromatic rings. The van der Waals surface area contributed by atoms with Crippen LogP contribution >= 0.6 is 11.6 Å². The predicted molar refractivity (Wildman–Crippen MR) is 122 cm³/mol. The van der Waals surface area contributed by atoms with E-state index in [1.807, 2.05) is 26.8 Å². The zero-order chi connectivity index (χ0) is 24.1. The monoisotopic (exact) mass is 478 g/mol. The van der Waals surface area contributed by atoms with E-state index in [0.29, 0.717) is 23.6 Å². The van der Waals surface area contributed by atoms with Crippen LogP contribution < -0.4 is 5.32 Å². The quantitative estimate of drug-likeness (QED) is 0.583. The lowest BCUT2D eigenvalue weighted by molar-refractivity contribution is -0.155. The molecule has 2 bridgehead atoms. The summed E-state index contributed by atoms with van der Waals surface area (Å²) in [7, 11) is 0. The number of rotatable bonds is 7.